The molecule has 0 aromatic carbocycles. The summed E-state index contributed by atoms with van der Waals surface area (Å²) >= 11 is 0. The summed E-state index contributed by atoms with van der Waals surface area (Å²) < 4.78 is 43.3. The summed E-state index contributed by atoms with van der Waals surface area (Å²) in [6.07, 6.45) is -1.73. The van der Waals surface area contributed by atoms with Gasteiger partial charge in [0.2, 0.25) is 0 Å². The molecule has 2 bridgehead atoms. The third-order valence-corrected chi connectivity index (χ3v) is 2.83. The molecule has 0 saturated carbocycles. The van der Waals surface area contributed by atoms with Gasteiger partial charge in [0.15, 0.2) is 16.6 Å². The average Bonchev–Trinajstić information content (AvgIpc) is 2.41. The molecule has 2 rings (SSSR count). The predicted octanol–water partition coefficient (Wildman–Crippen LogP) is -5.09. The zero-order chi connectivity index (χ0) is 10.3. The number of fused-ring (bicyclic) bond motifs is 2. The topological polar surface area (TPSA) is 108 Å². The molecule has 2 saturated heterocycles. The Morgan fingerprint density at radius 3 is 2.73 bits per heavy atom. The van der Waals surface area contributed by atoms with Crippen LogP contribution >= 0.6 is 0 Å². The molecule has 2 N–H and O–H groups in total. The number of rotatable bonds is 2. The van der Waals surface area contributed by atoms with Gasteiger partial charge in [0.1, 0.15) is 0 Å². The van der Waals surface area contributed by atoms with Crippen LogP contribution in [0.4, 0.5) is 0 Å². The molecule has 2 heterocycles. The maximum Gasteiger partial charge on any atom is 1.00 e. The fraction of sp³-hybridized carbons (Fsp3) is 1.00. The Morgan fingerprint density at radius 2 is 2.13 bits per heavy atom. The Balaban J connectivity index is 0.00000112. The van der Waals surface area contributed by atoms with Crippen molar-refractivity contribution >= 4 is 10.3 Å². The van der Waals surface area contributed by atoms with Gasteiger partial charge in [-0.25, -0.2) is 13.1 Å². The smallest absolute Gasteiger partial charge is 0.735 e. The first kappa shape index (κ1) is 13.8. The first-order valence-corrected chi connectivity index (χ1v) is 5.55. The van der Waals surface area contributed by atoms with Crippen LogP contribution < -0.4 is 34.3 Å². The third-order valence-electron chi connectivity index (χ3n) is 2.27. The molecule has 0 amide bonds. The van der Waals surface area contributed by atoms with Crippen molar-refractivity contribution in [2.75, 3.05) is 6.61 Å². The first-order valence-electron chi connectivity index (χ1n) is 4.14. The standard InChI is InChI=1S/C6H11NO6S.Na/c8-4-1-3-2-12-6(13-3)5(4)7-14(9,10)11;/h3-8H,1-2H2,(H,9,10,11);/q;+1/p-1. The van der Waals surface area contributed by atoms with Crippen LogP contribution in [0.25, 0.3) is 0 Å². The second-order valence-corrected chi connectivity index (χ2v) is 4.50. The van der Waals surface area contributed by atoms with E-state index in [9.17, 15) is 18.1 Å². The minimum atomic E-state index is -4.60. The molecular formula is C6H10NNaO6S. The van der Waals surface area contributed by atoms with Gasteiger partial charge in [-0.1, -0.05) is 0 Å². The maximum absolute atomic E-state index is 10.4. The van der Waals surface area contributed by atoms with Crippen LogP contribution in [0.5, 0.6) is 0 Å². The Kier molecular flexibility index (Phi) is 4.55. The molecule has 2 aliphatic heterocycles. The number of hydrogen-bond acceptors (Lipinski definition) is 6. The molecular weight excluding hydrogens is 237 g/mol. The summed E-state index contributed by atoms with van der Waals surface area (Å²) in [6, 6.07) is -1.00. The van der Waals surface area contributed by atoms with Gasteiger partial charge in [-0.2, -0.15) is 0 Å². The summed E-state index contributed by atoms with van der Waals surface area (Å²) in [6.45, 7) is 0.318. The van der Waals surface area contributed by atoms with Crippen LogP contribution in [0.1, 0.15) is 6.42 Å². The van der Waals surface area contributed by atoms with E-state index in [0.717, 1.165) is 0 Å². The molecule has 4 atom stereocenters. The zero-order valence-electron chi connectivity index (χ0n) is 8.12. The molecule has 2 aliphatic rings. The van der Waals surface area contributed by atoms with E-state index in [1.807, 2.05) is 0 Å². The Hall–Kier alpha value is 0.750. The van der Waals surface area contributed by atoms with Gasteiger partial charge < -0.3 is 19.1 Å². The Morgan fingerprint density at radius 1 is 1.47 bits per heavy atom. The number of aliphatic hydroxyl groups is 1. The SMILES string of the molecule is O=S(=O)([O-])NC1C(O)CC2COC1O2.[Na+]. The molecule has 0 aliphatic carbocycles. The summed E-state index contributed by atoms with van der Waals surface area (Å²) in [7, 11) is -4.60. The van der Waals surface area contributed by atoms with E-state index >= 15 is 0 Å². The van der Waals surface area contributed by atoms with Crippen molar-refractivity contribution in [2.45, 2.75) is 31.0 Å². The van der Waals surface area contributed by atoms with Crippen molar-refractivity contribution < 1.29 is 57.1 Å². The maximum atomic E-state index is 10.4. The first-order chi connectivity index (χ1) is 6.46. The van der Waals surface area contributed by atoms with E-state index in [2.05, 4.69) is 0 Å². The molecule has 15 heavy (non-hydrogen) atoms. The van der Waals surface area contributed by atoms with Gasteiger partial charge in [0.25, 0.3) is 0 Å². The van der Waals surface area contributed by atoms with Crippen molar-refractivity contribution in [1.29, 1.82) is 0 Å². The molecule has 82 valence electrons. The van der Waals surface area contributed by atoms with Gasteiger partial charge in [-0.05, 0) is 0 Å². The minimum Gasteiger partial charge on any atom is -0.735 e. The minimum absolute atomic E-state index is 0. The van der Waals surface area contributed by atoms with Crippen molar-refractivity contribution in [2.24, 2.45) is 0 Å². The predicted molar refractivity (Wildman–Crippen MR) is 41.9 cm³/mol. The second kappa shape index (κ2) is 4.94. The van der Waals surface area contributed by atoms with Gasteiger partial charge in [-0.15, -0.1) is 0 Å². The number of aliphatic hydroxyl groups excluding tert-OH is 1. The molecule has 0 aromatic heterocycles. The summed E-state index contributed by atoms with van der Waals surface area (Å²) in [5.41, 5.74) is 0. The monoisotopic (exact) mass is 247 g/mol. The van der Waals surface area contributed by atoms with Crippen LogP contribution in [0.15, 0.2) is 0 Å². The Labute approximate surface area is 109 Å². The van der Waals surface area contributed by atoms with E-state index in [1.54, 1.807) is 4.72 Å². The third kappa shape index (κ3) is 3.35. The van der Waals surface area contributed by atoms with E-state index in [1.165, 1.54) is 0 Å². The van der Waals surface area contributed by atoms with E-state index in [4.69, 9.17) is 9.47 Å². The van der Waals surface area contributed by atoms with E-state index in [0.29, 0.717) is 6.61 Å². The zero-order valence-corrected chi connectivity index (χ0v) is 10.9. The van der Waals surface area contributed by atoms with Crippen LogP contribution in [0.3, 0.4) is 0 Å². The fourth-order valence-corrected chi connectivity index (χ4v) is 2.28. The van der Waals surface area contributed by atoms with Gasteiger partial charge in [0, 0.05) is 6.42 Å². The molecule has 4 unspecified atom stereocenters. The molecule has 2 fully saturated rings. The van der Waals surface area contributed by atoms with Gasteiger partial charge in [-0.3, -0.25) is 0 Å². The molecule has 0 spiro atoms. The molecule has 0 aromatic rings. The molecule has 9 heteroatoms. The van der Waals surface area contributed by atoms with Crippen LogP contribution in [-0.2, 0) is 19.8 Å². The van der Waals surface area contributed by atoms with Crippen LogP contribution in [0.2, 0.25) is 0 Å². The van der Waals surface area contributed by atoms with Crippen LogP contribution in [0, 0.1) is 0 Å². The quantitative estimate of drug-likeness (QED) is 0.373. The van der Waals surface area contributed by atoms with Crippen molar-refractivity contribution in [3.05, 3.63) is 0 Å². The normalized spacial score (nSPS) is 39.9. The molecule has 0 radical (unpaired) electrons. The summed E-state index contributed by atoms with van der Waals surface area (Å²) in [5.74, 6) is 0. The molecule has 7 nitrogen and oxygen atoms in total. The van der Waals surface area contributed by atoms with Gasteiger partial charge >= 0.3 is 29.6 Å². The van der Waals surface area contributed by atoms with Gasteiger partial charge in [0.05, 0.1) is 24.9 Å². The van der Waals surface area contributed by atoms with E-state index < -0.39 is 28.7 Å². The summed E-state index contributed by atoms with van der Waals surface area (Å²) in [4.78, 5) is 0. The second-order valence-electron chi connectivity index (χ2n) is 3.36. The van der Waals surface area contributed by atoms with E-state index in [-0.39, 0.29) is 42.1 Å². The fourth-order valence-electron chi connectivity index (χ4n) is 1.68. The number of hydrogen-bond donors (Lipinski definition) is 2. The average molecular weight is 247 g/mol. The largest absolute Gasteiger partial charge is 1.00 e. The van der Waals surface area contributed by atoms with Crippen molar-refractivity contribution in [3.63, 3.8) is 0 Å². The van der Waals surface area contributed by atoms with Crippen molar-refractivity contribution in [3.8, 4) is 0 Å². The van der Waals surface area contributed by atoms with Crippen molar-refractivity contribution in [1.82, 2.24) is 4.72 Å². The summed E-state index contributed by atoms with van der Waals surface area (Å²) in [5, 5.41) is 9.49. The Bertz CT molecular complexity index is 322. The van der Waals surface area contributed by atoms with Crippen LogP contribution in [-0.4, -0.2) is 49.2 Å². The number of nitrogens with one attached hydrogen (secondary N) is 1. The number of ether oxygens (including phenoxy) is 2.